The van der Waals surface area contributed by atoms with Crippen LogP contribution in [0.5, 0.6) is 0 Å². The van der Waals surface area contributed by atoms with Gasteiger partial charge in [-0.15, -0.1) is 0 Å². The Labute approximate surface area is 301 Å². The predicted molar refractivity (Wildman–Crippen MR) is 191 cm³/mol. The first-order valence-electron chi connectivity index (χ1n) is 17.4. The zero-order chi connectivity index (χ0) is 36.6. The molecule has 0 unspecified atom stereocenters. The van der Waals surface area contributed by atoms with Crippen molar-refractivity contribution in [2.24, 2.45) is 0 Å². The Morgan fingerprint density at radius 1 is 0.765 bits per heavy atom. The largest absolute Gasteiger partial charge is 0.467 e. The summed E-state index contributed by atoms with van der Waals surface area (Å²) in [5.74, 6) is -0.837. The maximum Gasteiger partial charge on any atom is 0.408 e. The molecule has 0 radical (unpaired) electrons. The predicted octanol–water partition coefficient (Wildman–Crippen LogP) is 5.88. The number of rotatable bonds is 17. The first-order chi connectivity index (χ1) is 24.5. The van der Waals surface area contributed by atoms with E-state index in [1.165, 1.54) is 14.0 Å². The quantitative estimate of drug-likeness (QED) is 0.166. The molecule has 3 aromatic carbocycles. The SMILES string of the molecule is COC(=O)[C@H](CCC[C@@H]1O[C@H](COCc2ccccc2)[C@@H](OCc2ccccc2)[C@H](OCc2ccccc2)[C@@H]1NC(C)=O)NC(=O)OC(C)(C)C. The standard InChI is InChI=1S/C40H52N2O9/c1-28(43)41-35-33(23-15-22-32(38(44)46-5)42-39(45)51-40(2,3)4)50-34(27-47-24-29-16-9-6-10-17-29)36(48-25-30-18-11-7-12-19-30)37(35)49-26-31-20-13-8-14-21-31/h6-14,16-21,32-37H,15,22-27H2,1-5H3,(H,41,43)(H,42,45)/t32-,33-,34+,35+,36+,37+/m0/s1. The van der Waals surface area contributed by atoms with Crippen LogP contribution in [0.4, 0.5) is 4.79 Å². The molecule has 1 aliphatic heterocycles. The van der Waals surface area contributed by atoms with Gasteiger partial charge in [-0.1, -0.05) is 91.0 Å². The minimum absolute atomic E-state index is 0.202. The first kappa shape index (κ1) is 39.5. The molecule has 11 nitrogen and oxygen atoms in total. The molecule has 3 aromatic rings. The van der Waals surface area contributed by atoms with Crippen LogP contribution >= 0.6 is 0 Å². The second-order valence-corrected chi connectivity index (χ2v) is 13.6. The molecule has 51 heavy (non-hydrogen) atoms. The molecule has 0 bridgehead atoms. The Morgan fingerprint density at radius 2 is 1.29 bits per heavy atom. The summed E-state index contributed by atoms with van der Waals surface area (Å²) < 4.78 is 36.6. The Morgan fingerprint density at radius 3 is 1.80 bits per heavy atom. The number of carbonyl (C=O) groups is 3. The second-order valence-electron chi connectivity index (χ2n) is 13.6. The van der Waals surface area contributed by atoms with Crippen molar-refractivity contribution in [2.75, 3.05) is 13.7 Å². The minimum atomic E-state index is -0.940. The van der Waals surface area contributed by atoms with Crippen LogP contribution < -0.4 is 10.6 Å². The molecule has 0 aliphatic carbocycles. The summed E-state index contributed by atoms with van der Waals surface area (Å²) in [7, 11) is 1.27. The number of carbonyl (C=O) groups excluding carboxylic acids is 3. The third-order valence-electron chi connectivity index (χ3n) is 8.29. The van der Waals surface area contributed by atoms with Crippen LogP contribution in [0.1, 0.15) is 63.6 Å². The summed E-state index contributed by atoms with van der Waals surface area (Å²) in [5.41, 5.74) is 2.23. The van der Waals surface area contributed by atoms with Gasteiger partial charge in [0.15, 0.2) is 0 Å². The van der Waals surface area contributed by atoms with Gasteiger partial charge in [0.25, 0.3) is 0 Å². The highest BCUT2D eigenvalue weighted by Gasteiger charge is 2.48. The van der Waals surface area contributed by atoms with Gasteiger partial charge in [-0.3, -0.25) is 4.79 Å². The van der Waals surface area contributed by atoms with Gasteiger partial charge >= 0.3 is 12.1 Å². The lowest BCUT2D eigenvalue weighted by Gasteiger charge is -2.47. The van der Waals surface area contributed by atoms with E-state index in [0.717, 1.165) is 16.7 Å². The van der Waals surface area contributed by atoms with E-state index in [1.54, 1.807) is 20.8 Å². The number of amides is 2. The maximum absolute atomic E-state index is 12.7. The van der Waals surface area contributed by atoms with Gasteiger partial charge in [-0.2, -0.15) is 0 Å². The molecule has 6 atom stereocenters. The fourth-order valence-electron chi connectivity index (χ4n) is 5.97. The van der Waals surface area contributed by atoms with Gasteiger partial charge in [0.1, 0.15) is 30.0 Å². The number of esters is 1. The Balaban J connectivity index is 1.59. The van der Waals surface area contributed by atoms with Crippen LogP contribution in [0.15, 0.2) is 91.0 Å². The van der Waals surface area contributed by atoms with E-state index in [1.807, 2.05) is 91.0 Å². The number of methoxy groups -OCH3 is 1. The summed E-state index contributed by atoms with van der Waals surface area (Å²) in [6, 6.07) is 28.0. The van der Waals surface area contributed by atoms with Crippen LogP contribution in [0.3, 0.4) is 0 Å². The average molecular weight is 705 g/mol. The van der Waals surface area contributed by atoms with Crippen molar-refractivity contribution in [3.8, 4) is 0 Å². The van der Waals surface area contributed by atoms with Gasteiger partial charge in [0.2, 0.25) is 5.91 Å². The third-order valence-corrected chi connectivity index (χ3v) is 8.29. The fourth-order valence-corrected chi connectivity index (χ4v) is 5.97. The zero-order valence-corrected chi connectivity index (χ0v) is 30.2. The molecule has 0 spiro atoms. The maximum atomic E-state index is 12.7. The van der Waals surface area contributed by atoms with Crippen molar-refractivity contribution in [3.05, 3.63) is 108 Å². The molecular formula is C40H52N2O9. The van der Waals surface area contributed by atoms with Gasteiger partial charge in [0.05, 0.1) is 45.7 Å². The summed E-state index contributed by atoms with van der Waals surface area (Å²) in [4.78, 5) is 37.9. The first-order valence-corrected chi connectivity index (χ1v) is 17.4. The monoisotopic (exact) mass is 704 g/mol. The molecule has 1 heterocycles. The Kier molecular flexibility index (Phi) is 15.4. The Bertz CT molecular complexity index is 1480. The summed E-state index contributed by atoms with van der Waals surface area (Å²) in [6.45, 7) is 7.84. The van der Waals surface area contributed by atoms with Gasteiger partial charge < -0.3 is 39.1 Å². The van der Waals surface area contributed by atoms with Crippen molar-refractivity contribution >= 4 is 18.0 Å². The van der Waals surface area contributed by atoms with E-state index in [9.17, 15) is 14.4 Å². The van der Waals surface area contributed by atoms with Crippen molar-refractivity contribution in [2.45, 2.75) is 109 Å². The second kappa shape index (κ2) is 19.9. The van der Waals surface area contributed by atoms with Gasteiger partial charge in [-0.05, 0) is 56.7 Å². The minimum Gasteiger partial charge on any atom is -0.467 e. The number of hydrogen-bond acceptors (Lipinski definition) is 9. The van der Waals surface area contributed by atoms with Crippen molar-refractivity contribution in [1.29, 1.82) is 0 Å². The topological polar surface area (TPSA) is 131 Å². The molecule has 1 saturated heterocycles. The third kappa shape index (κ3) is 13.4. The summed E-state index contributed by atoms with van der Waals surface area (Å²) in [5, 5.41) is 5.72. The van der Waals surface area contributed by atoms with E-state index in [-0.39, 0.29) is 25.5 Å². The van der Waals surface area contributed by atoms with E-state index in [4.69, 9.17) is 28.4 Å². The average Bonchev–Trinajstić information content (AvgIpc) is 3.10. The van der Waals surface area contributed by atoms with E-state index in [2.05, 4.69) is 10.6 Å². The molecular weight excluding hydrogens is 652 g/mol. The highest BCUT2D eigenvalue weighted by molar-refractivity contribution is 5.81. The lowest BCUT2D eigenvalue weighted by molar-refractivity contribution is -0.233. The smallest absolute Gasteiger partial charge is 0.408 e. The normalized spacial score (nSPS) is 20.9. The van der Waals surface area contributed by atoms with Crippen molar-refractivity contribution in [3.63, 3.8) is 0 Å². The molecule has 2 amide bonds. The summed E-state index contributed by atoms with van der Waals surface area (Å²) in [6.07, 6.45) is -1.97. The van der Waals surface area contributed by atoms with E-state index in [0.29, 0.717) is 26.1 Å². The fraction of sp³-hybridized carbons (Fsp3) is 0.475. The molecule has 4 rings (SSSR count). The molecule has 276 valence electrons. The molecule has 0 aromatic heterocycles. The number of nitrogens with one attached hydrogen (secondary N) is 2. The molecule has 2 N–H and O–H groups in total. The van der Waals surface area contributed by atoms with Crippen LogP contribution in [0.25, 0.3) is 0 Å². The lowest BCUT2D eigenvalue weighted by atomic mass is 9.89. The lowest BCUT2D eigenvalue weighted by Crippen LogP contribution is -2.65. The van der Waals surface area contributed by atoms with Crippen LogP contribution in [0, 0.1) is 0 Å². The molecule has 0 saturated carbocycles. The van der Waals surface area contributed by atoms with Crippen LogP contribution in [-0.4, -0.2) is 73.8 Å². The van der Waals surface area contributed by atoms with Crippen molar-refractivity contribution in [1.82, 2.24) is 10.6 Å². The molecule has 1 fully saturated rings. The van der Waals surface area contributed by atoms with Gasteiger partial charge in [-0.25, -0.2) is 9.59 Å². The summed E-state index contributed by atoms with van der Waals surface area (Å²) >= 11 is 0. The Hall–Kier alpha value is -4.29. The van der Waals surface area contributed by atoms with Gasteiger partial charge in [0, 0.05) is 6.92 Å². The van der Waals surface area contributed by atoms with Crippen molar-refractivity contribution < 1.29 is 42.8 Å². The van der Waals surface area contributed by atoms with Crippen LogP contribution in [0.2, 0.25) is 0 Å². The van der Waals surface area contributed by atoms with E-state index < -0.39 is 54.2 Å². The van der Waals surface area contributed by atoms with Crippen LogP contribution in [-0.2, 0) is 57.8 Å². The number of benzene rings is 3. The molecule has 11 heteroatoms. The number of ether oxygens (including phenoxy) is 6. The zero-order valence-electron chi connectivity index (χ0n) is 30.2. The number of hydrogen-bond donors (Lipinski definition) is 2. The number of alkyl carbamates (subject to hydrolysis) is 1. The van der Waals surface area contributed by atoms with E-state index >= 15 is 0 Å². The highest BCUT2D eigenvalue weighted by atomic mass is 16.6. The highest BCUT2D eigenvalue weighted by Crippen LogP contribution is 2.31. The molecule has 1 aliphatic rings.